The van der Waals surface area contributed by atoms with Crippen molar-refractivity contribution in [1.82, 2.24) is 5.32 Å². The van der Waals surface area contributed by atoms with Crippen LogP contribution in [0.5, 0.6) is 0 Å². The molecule has 3 heteroatoms. The molecule has 2 rings (SSSR count). The molecule has 0 spiro atoms. The van der Waals surface area contributed by atoms with Crippen LogP contribution in [0.25, 0.3) is 0 Å². The van der Waals surface area contributed by atoms with E-state index >= 15 is 0 Å². The highest BCUT2D eigenvalue weighted by atomic mass is 79.9. The summed E-state index contributed by atoms with van der Waals surface area (Å²) >= 11 is 3.59. The van der Waals surface area contributed by atoms with Gasteiger partial charge >= 0.3 is 0 Å². The molecule has 2 aromatic carbocycles. The third kappa shape index (κ3) is 3.72. The summed E-state index contributed by atoms with van der Waals surface area (Å²) in [6.45, 7) is 6.99. The fraction of sp³-hybridized carbons (Fsp3) is 0.333. The lowest BCUT2D eigenvalue weighted by Crippen LogP contribution is -2.24. The lowest BCUT2D eigenvalue weighted by atomic mass is 9.94. The average molecular weight is 350 g/mol. The average Bonchev–Trinajstić information content (AvgIpc) is 2.47. The number of nitrogens with one attached hydrogen (secondary N) is 1. The Balaban J connectivity index is 2.47. The summed E-state index contributed by atoms with van der Waals surface area (Å²) in [5.41, 5.74) is 4.23. The monoisotopic (exact) mass is 349 g/mol. The van der Waals surface area contributed by atoms with Crippen LogP contribution in [0, 0.1) is 19.7 Å². The van der Waals surface area contributed by atoms with Crippen LogP contribution in [0.15, 0.2) is 40.9 Å². The van der Waals surface area contributed by atoms with Crippen LogP contribution >= 0.6 is 15.9 Å². The molecule has 0 amide bonds. The molecular weight excluding hydrogens is 329 g/mol. The number of hydrogen-bond acceptors (Lipinski definition) is 1. The highest BCUT2D eigenvalue weighted by Crippen LogP contribution is 2.29. The molecule has 0 bridgehead atoms. The van der Waals surface area contributed by atoms with Gasteiger partial charge in [0.15, 0.2) is 0 Å². The van der Waals surface area contributed by atoms with Crippen molar-refractivity contribution in [3.8, 4) is 0 Å². The summed E-state index contributed by atoms with van der Waals surface area (Å²) in [4.78, 5) is 0. The molecule has 1 N–H and O–H groups in total. The van der Waals surface area contributed by atoms with E-state index < -0.39 is 0 Å². The van der Waals surface area contributed by atoms with E-state index in [-0.39, 0.29) is 11.9 Å². The normalized spacial score (nSPS) is 12.4. The molecule has 0 aliphatic heterocycles. The van der Waals surface area contributed by atoms with Gasteiger partial charge in [-0.05, 0) is 61.2 Å². The van der Waals surface area contributed by atoms with E-state index in [2.05, 4.69) is 41.2 Å². The Hall–Kier alpha value is -1.19. The minimum atomic E-state index is -0.154. The first-order chi connectivity index (χ1) is 10.0. The SMILES string of the molecule is CCCNC(c1ccc(F)c(C)c1)c1cccc(Br)c1C. The first-order valence-electron chi connectivity index (χ1n) is 7.29. The molecule has 0 saturated carbocycles. The van der Waals surface area contributed by atoms with Crippen molar-refractivity contribution in [3.63, 3.8) is 0 Å². The van der Waals surface area contributed by atoms with Crippen molar-refractivity contribution >= 4 is 15.9 Å². The zero-order valence-corrected chi connectivity index (χ0v) is 14.3. The Morgan fingerprint density at radius 1 is 1.19 bits per heavy atom. The molecule has 0 saturated heterocycles. The van der Waals surface area contributed by atoms with E-state index in [1.54, 1.807) is 6.07 Å². The summed E-state index contributed by atoms with van der Waals surface area (Å²) in [5, 5.41) is 3.57. The number of aryl methyl sites for hydroxylation is 1. The van der Waals surface area contributed by atoms with E-state index in [4.69, 9.17) is 0 Å². The summed E-state index contributed by atoms with van der Waals surface area (Å²) in [6.07, 6.45) is 1.06. The fourth-order valence-electron chi connectivity index (χ4n) is 2.48. The Labute approximate surface area is 134 Å². The molecule has 2 aromatic rings. The van der Waals surface area contributed by atoms with Gasteiger partial charge in [-0.1, -0.05) is 47.1 Å². The Morgan fingerprint density at radius 3 is 2.62 bits per heavy atom. The first-order valence-corrected chi connectivity index (χ1v) is 8.08. The third-order valence-electron chi connectivity index (χ3n) is 3.73. The molecule has 0 aliphatic carbocycles. The van der Waals surface area contributed by atoms with Gasteiger partial charge in [0.1, 0.15) is 5.82 Å². The zero-order valence-electron chi connectivity index (χ0n) is 12.7. The predicted molar refractivity (Wildman–Crippen MR) is 90.2 cm³/mol. The molecule has 1 unspecified atom stereocenters. The summed E-state index contributed by atoms with van der Waals surface area (Å²) in [6, 6.07) is 11.7. The van der Waals surface area contributed by atoms with Gasteiger partial charge in [0.2, 0.25) is 0 Å². The smallest absolute Gasteiger partial charge is 0.126 e. The number of halogens is 2. The van der Waals surface area contributed by atoms with Gasteiger partial charge in [-0.25, -0.2) is 4.39 Å². The molecule has 1 nitrogen and oxygen atoms in total. The lowest BCUT2D eigenvalue weighted by molar-refractivity contribution is 0.588. The number of rotatable bonds is 5. The van der Waals surface area contributed by atoms with Crippen LogP contribution in [-0.4, -0.2) is 6.54 Å². The molecule has 0 radical (unpaired) electrons. The maximum Gasteiger partial charge on any atom is 0.126 e. The van der Waals surface area contributed by atoms with Crippen molar-refractivity contribution in [2.45, 2.75) is 33.2 Å². The number of hydrogen-bond donors (Lipinski definition) is 1. The maximum absolute atomic E-state index is 13.5. The predicted octanol–water partition coefficient (Wildman–Crippen LogP) is 5.29. The second kappa shape index (κ2) is 7.19. The van der Waals surface area contributed by atoms with Crippen LogP contribution in [0.2, 0.25) is 0 Å². The van der Waals surface area contributed by atoms with E-state index in [0.29, 0.717) is 5.56 Å². The van der Waals surface area contributed by atoms with Crippen molar-refractivity contribution in [3.05, 3.63) is 68.9 Å². The molecule has 112 valence electrons. The van der Waals surface area contributed by atoms with Gasteiger partial charge in [0.25, 0.3) is 0 Å². The fourth-order valence-corrected chi connectivity index (χ4v) is 2.86. The molecule has 0 aliphatic rings. The van der Waals surface area contributed by atoms with Crippen LogP contribution in [0.3, 0.4) is 0 Å². The van der Waals surface area contributed by atoms with Crippen LogP contribution < -0.4 is 5.32 Å². The van der Waals surface area contributed by atoms with Gasteiger partial charge in [-0.2, -0.15) is 0 Å². The van der Waals surface area contributed by atoms with E-state index in [1.165, 1.54) is 11.1 Å². The second-order valence-corrected chi connectivity index (χ2v) is 6.20. The Kier molecular flexibility index (Phi) is 5.54. The van der Waals surface area contributed by atoms with E-state index in [9.17, 15) is 4.39 Å². The molecular formula is C18H21BrFN. The molecule has 1 atom stereocenters. The van der Waals surface area contributed by atoms with Crippen molar-refractivity contribution < 1.29 is 4.39 Å². The molecule has 0 heterocycles. The highest BCUT2D eigenvalue weighted by molar-refractivity contribution is 9.10. The second-order valence-electron chi connectivity index (χ2n) is 5.35. The van der Waals surface area contributed by atoms with E-state index in [0.717, 1.165) is 23.0 Å². The lowest BCUT2D eigenvalue weighted by Gasteiger charge is -2.22. The Bertz CT molecular complexity index is 625. The minimum Gasteiger partial charge on any atom is -0.306 e. The Morgan fingerprint density at radius 2 is 1.95 bits per heavy atom. The van der Waals surface area contributed by atoms with Gasteiger partial charge in [-0.15, -0.1) is 0 Å². The summed E-state index contributed by atoms with van der Waals surface area (Å²) < 4.78 is 14.6. The number of benzene rings is 2. The topological polar surface area (TPSA) is 12.0 Å². The van der Waals surface area contributed by atoms with Crippen molar-refractivity contribution in [2.24, 2.45) is 0 Å². The highest BCUT2D eigenvalue weighted by Gasteiger charge is 2.17. The molecule has 0 fully saturated rings. The van der Waals surface area contributed by atoms with Crippen molar-refractivity contribution in [2.75, 3.05) is 6.54 Å². The molecule has 21 heavy (non-hydrogen) atoms. The molecule has 0 aromatic heterocycles. The minimum absolute atomic E-state index is 0.0850. The summed E-state index contributed by atoms with van der Waals surface area (Å²) in [5.74, 6) is -0.154. The van der Waals surface area contributed by atoms with Crippen LogP contribution in [0.4, 0.5) is 4.39 Å². The summed E-state index contributed by atoms with van der Waals surface area (Å²) in [7, 11) is 0. The quantitative estimate of drug-likeness (QED) is 0.772. The third-order valence-corrected chi connectivity index (χ3v) is 4.59. The van der Waals surface area contributed by atoms with Gasteiger partial charge < -0.3 is 5.32 Å². The van der Waals surface area contributed by atoms with Crippen LogP contribution in [0.1, 0.15) is 41.6 Å². The van der Waals surface area contributed by atoms with Crippen LogP contribution in [-0.2, 0) is 0 Å². The maximum atomic E-state index is 13.5. The van der Waals surface area contributed by atoms with Gasteiger partial charge in [-0.3, -0.25) is 0 Å². The van der Waals surface area contributed by atoms with Gasteiger partial charge in [0.05, 0.1) is 6.04 Å². The van der Waals surface area contributed by atoms with E-state index in [1.807, 2.05) is 31.2 Å². The largest absolute Gasteiger partial charge is 0.306 e. The van der Waals surface area contributed by atoms with Gasteiger partial charge in [0, 0.05) is 4.47 Å². The van der Waals surface area contributed by atoms with Crippen molar-refractivity contribution in [1.29, 1.82) is 0 Å². The standard InChI is InChI=1S/C18H21BrFN/c1-4-10-21-18(14-8-9-17(20)12(2)11-14)15-6-5-7-16(19)13(15)3/h5-9,11,18,21H,4,10H2,1-3H3. The first kappa shape index (κ1) is 16.2. The zero-order chi connectivity index (χ0) is 15.4.